The van der Waals surface area contributed by atoms with Crippen LogP contribution in [-0.4, -0.2) is 23.1 Å². The van der Waals surface area contributed by atoms with Crippen LogP contribution in [0, 0.1) is 6.92 Å². The molecule has 2 heterocycles. The van der Waals surface area contributed by atoms with E-state index < -0.39 is 0 Å². The highest BCUT2D eigenvalue weighted by atomic mass is 35.5. The van der Waals surface area contributed by atoms with Crippen LogP contribution in [0.5, 0.6) is 0 Å². The van der Waals surface area contributed by atoms with Gasteiger partial charge in [-0.1, -0.05) is 29.3 Å². The van der Waals surface area contributed by atoms with E-state index in [4.69, 9.17) is 23.2 Å². The molecule has 1 N–H and O–H groups in total. The Hall–Kier alpha value is -1.52. The third-order valence-corrected chi connectivity index (χ3v) is 4.54. The van der Waals surface area contributed by atoms with E-state index in [2.05, 4.69) is 20.2 Å². The van der Waals surface area contributed by atoms with Crippen LogP contribution in [0.4, 0.5) is 17.3 Å². The van der Waals surface area contributed by atoms with Crippen molar-refractivity contribution in [1.29, 1.82) is 0 Å². The number of nitrogens with one attached hydrogen (secondary N) is 1. The summed E-state index contributed by atoms with van der Waals surface area (Å²) in [7, 11) is 0. The lowest BCUT2D eigenvalue weighted by molar-refractivity contribution is 0.572. The predicted molar refractivity (Wildman–Crippen MR) is 92.6 cm³/mol. The molecule has 4 nitrogen and oxygen atoms in total. The Balaban J connectivity index is 1.87. The summed E-state index contributed by atoms with van der Waals surface area (Å²) in [6.45, 7) is 4.00. The van der Waals surface area contributed by atoms with Gasteiger partial charge < -0.3 is 10.2 Å². The number of halogens is 2. The van der Waals surface area contributed by atoms with Gasteiger partial charge in [0.15, 0.2) is 0 Å². The smallest absolute Gasteiger partial charge is 0.136 e. The van der Waals surface area contributed by atoms with Gasteiger partial charge in [0, 0.05) is 19.2 Å². The minimum Gasteiger partial charge on any atom is -0.356 e. The molecule has 6 heteroatoms. The van der Waals surface area contributed by atoms with Crippen molar-refractivity contribution in [2.75, 3.05) is 23.3 Å². The number of aryl methyl sites for hydroxylation is 1. The molecule has 1 fully saturated rings. The molecule has 3 rings (SSSR count). The molecule has 0 unspecified atom stereocenters. The average molecular weight is 337 g/mol. The monoisotopic (exact) mass is 336 g/mol. The molecule has 1 aliphatic rings. The Morgan fingerprint density at radius 2 is 1.86 bits per heavy atom. The molecule has 2 aromatic rings. The Bertz CT molecular complexity index is 669. The van der Waals surface area contributed by atoms with Crippen molar-refractivity contribution in [1.82, 2.24) is 9.97 Å². The van der Waals surface area contributed by atoms with Crippen LogP contribution in [-0.2, 0) is 0 Å². The minimum absolute atomic E-state index is 0.500. The van der Waals surface area contributed by atoms with Crippen LogP contribution in [0.1, 0.15) is 25.1 Å². The Labute approximate surface area is 140 Å². The van der Waals surface area contributed by atoms with Gasteiger partial charge in [-0.25, -0.2) is 9.97 Å². The van der Waals surface area contributed by atoms with E-state index in [0.29, 0.717) is 10.0 Å². The van der Waals surface area contributed by atoms with Crippen molar-refractivity contribution in [2.45, 2.75) is 26.2 Å². The second kappa shape index (κ2) is 6.71. The molecule has 0 saturated carbocycles. The molecule has 1 saturated heterocycles. The van der Waals surface area contributed by atoms with Crippen LogP contribution in [0.15, 0.2) is 24.3 Å². The molecule has 0 amide bonds. The van der Waals surface area contributed by atoms with Crippen molar-refractivity contribution < 1.29 is 0 Å². The molecule has 0 radical (unpaired) electrons. The van der Waals surface area contributed by atoms with E-state index in [1.54, 1.807) is 6.07 Å². The van der Waals surface area contributed by atoms with Gasteiger partial charge in [0.05, 0.1) is 15.7 Å². The number of nitrogens with zero attached hydrogens (tertiary/aromatic N) is 3. The molecule has 1 aliphatic heterocycles. The normalized spacial score (nSPS) is 15.0. The van der Waals surface area contributed by atoms with Gasteiger partial charge in [-0.3, -0.25) is 0 Å². The van der Waals surface area contributed by atoms with E-state index in [-0.39, 0.29) is 0 Å². The Morgan fingerprint density at radius 1 is 1.09 bits per heavy atom. The first-order valence-electron chi connectivity index (χ1n) is 7.45. The van der Waals surface area contributed by atoms with Crippen molar-refractivity contribution in [3.8, 4) is 0 Å². The Kier molecular flexibility index (Phi) is 4.69. The zero-order valence-electron chi connectivity index (χ0n) is 12.4. The quantitative estimate of drug-likeness (QED) is 0.871. The molecular weight excluding hydrogens is 319 g/mol. The Morgan fingerprint density at radius 3 is 2.64 bits per heavy atom. The van der Waals surface area contributed by atoms with E-state index >= 15 is 0 Å². The van der Waals surface area contributed by atoms with Gasteiger partial charge in [-0.15, -0.1) is 0 Å². The second-order valence-electron chi connectivity index (χ2n) is 5.43. The topological polar surface area (TPSA) is 41.1 Å². The van der Waals surface area contributed by atoms with Crippen LogP contribution in [0.3, 0.4) is 0 Å². The summed E-state index contributed by atoms with van der Waals surface area (Å²) in [4.78, 5) is 11.3. The lowest BCUT2D eigenvalue weighted by Gasteiger charge is -2.28. The summed E-state index contributed by atoms with van der Waals surface area (Å²) in [6, 6.07) is 7.47. The molecule has 1 aromatic heterocycles. The molecule has 0 spiro atoms. The number of anilines is 3. The van der Waals surface area contributed by atoms with E-state index in [1.165, 1.54) is 19.3 Å². The highest BCUT2D eigenvalue weighted by Gasteiger charge is 2.14. The third kappa shape index (κ3) is 3.45. The van der Waals surface area contributed by atoms with Gasteiger partial charge in [-0.2, -0.15) is 0 Å². The third-order valence-electron chi connectivity index (χ3n) is 3.72. The first kappa shape index (κ1) is 15.4. The van der Waals surface area contributed by atoms with Crippen LogP contribution in [0.2, 0.25) is 10.0 Å². The maximum absolute atomic E-state index is 6.22. The summed E-state index contributed by atoms with van der Waals surface area (Å²) in [5, 5.41) is 4.26. The molecule has 22 heavy (non-hydrogen) atoms. The zero-order valence-corrected chi connectivity index (χ0v) is 14.0. The van der Waals surface area contributed by atoms with Crippen LogP contribution < -0.4 is 10.2 Å². The number of hydrogen-bond donors (Lipinski definition) is 1. The fourth-order valence-corrected chi connectivity index (χ4v) is 2.99. The highest BCUT2D eigenvalue weighted by molar-refractivity contribution is 6.43. The summed E-state index contributed by atoms with van der Waals surface area (Å²) in [5.74, 6) is 2.44. The van der Waals surface area contributed by atoms with Crippen molar-refractivity contribution >= 4 is 40.5 Å². The highest BCUT2D eigenvalue weighted by Crippen LogP contribution is 2.32. The van der Waals surface area contributed by atoms with E-state index in [1.807, 2.05) is 25.1 Å². The maximum atomic E-state index is 6.22. The van der Waals surface area contributed by atoms with Crippen LogP contribution >= 0.6 is 23.2 Å². The summed E-state index contributed by atoms with van der Waals surface area (Å²) in [6.07, 6.45) is 3.72. The second-order valence-corrected chi connectivity index (χ2v) is 6.22. The number of benzene rings is 1. The van der Waals surface area contributed by atoms with Gasteiger partial charge in [0.2, 0.25) is 0 Å². The standard InChI is InChI=1S/C16H18Cl2N4/c1-11-19-14(21-13-7-5-6-12(17)16(13)18)10-15(20-11)22-8-3-2-4-9-22/h5-7,10H,2-4,8-9H2,1H3,(H,19,20,21). The number of hydrogen-bond acceptors (Lipinski definition) is 4. The first-order valence-corrected chi connectivity index (χ1v) is 8.21. The van der Waals surface area contributed by atoms with E-state index in [0.717, 1.165) is 36.2 Å². The molecule has 1 aromatic carbocycles. The maximum Gasteiger partial charge on any atom is 0.136 e. The van der Waals surface area contributed by atoms with Crippen molar-refractivity contribution in [3.05, 3.63) is 40.1 Å². The molecule has 0 bridgehead atoms. The minimum atomic E-state index is 0.500. The summed E-state index contributed by atoms with van der Waals surface area (Å²) in [5.41, 5.74) is 0.747. The molecule has 116 valence electrons. The summed E-state index contributed by atoms with van der Waals surface area (Å²) < 4.78 is 0. The SMILES string of the molecule is Cc1nc(Nc2cccc(Cl)c2Cl)cc(N2CCCCC2)n1. The van der Waals surface area contributed by atoms with Gasteiger partial charge in [0.1, 0.15) is 17.5 Å². The lowest BCUT2D eigenvalue weighted by Crippen LogP contribution is -2.30. The van der Waals surface area contributed by atoms with Gasteiger partial charge in [-0.05, 0) is 38.3 Å². The molecular formula is C16H18Cl2N4. The lowest BCUT2D eigenvalue weighted by atomic mass is 10.1. The van der Waals surface area contributed by atoms with E-state index in [9.17, 15) is 0 Å². The van der Waals surface area contributed by atoms with Gasteiger partial charge in [0.25, 0.3) is 0 Å². The fourth-order valence-electron chi connectivity index (χ4n) is 2.64. The number of piperidine rings is 1. The largest absolute Gasteiger partial charge is 0.356 e. The summed E-state index contributed by atoms with van der Waals surface area (Å²) >= 11 is 12.3. The average Bonchev–Trinajstić information content (AvgIpc) is 2.52. The molecule has 0 atom stereocenters. The predicted octanol–water partition coefficient (Wildman–Crippen LogP) is 4.83. The number of aromatic nitrogens is 2. The van der Waals surface area contributed by atoms with Crippen LogP contribution in [0.25, 0.3) is 0 Å². The fraction of sp³-hybridized carbons (Fsp3) is 0.375. The molecule has 0 aliphatic carbocycles. The van der Waals surface area contributed by atoms with Crippen molar-refractivity contribution in [3.63, 3.8) is 0 Å². The number of rotatable bonds is 3. The first-order chi connectivity index (χ1) is 10.6. The van der Waals surface area contributed by atoms with Gasteiger partial charge >= 0.3 is 0 Å². The van der Waals surface area contributed by atoms with Crippen molar-refractivity contribution in [2.24, 2.45) is 0 Å². The zero-order chi connectivity index (χ0) is 15.5.